The van der Waals surface area contributed by atoms with Crippen LogP contribution in [0.4, 0.5) is 0 Å². The second-order valence-corrected chi connectivity index (χ2v) is 5.36. The van der Waals surface area contributed by atoms with E-state index in [0.29, 0.717) is 6.04 Å². The van der Waals surface area contributed by atoms with E-state index in [9.17, 15) is 0 Å². The maximum Gasteiger partial charge on any atom is 0.00793 e. The van der Waals surface area contributed by atoms with Crippen molar-refractivity contribution >= 4 is 0 Å². The Morgan fingerprint density at radius 2 is 2.00 bits per heavy atom. The summed E-state index contributed by atoms with van der Waals surface area (Å²) in [5, 5.41) is 0. The molecule has 0 bridgehead atoms. The van der Waals surface area contributed by atoms with E-state index in [-0.39, 0.29) is 0 Å². The van der Waals surface area contributed by atoms with Crippen molar-refractivity contribution in [2.24, 2.45) is 17.6 Å². The molecule has 1 saturated carbocycles. The van der Waals surface area contributed by atoms with E-state index in [2.05, 4.69) is 11.8 Å². The second-order valence-electron chi connectivity index (χ2n) is 5.36. The van der Waals surface area contributed by atoms with E-state index in [1.807, 2.05) is 0 Å². The van der Waals surface area contributed by atoms with Crippen molar-refractivity contribution in [3.8, 4) is 0 Å². The lowest BCUT2D eigenvalue weighted by atomic mass is 9.85. The lowest BCUT2D eigenvalue weighted by Crippen LogP contribution is -2.40. The Labute approximate surface area is 87.8 Å². The fraction of sp³-hybridized carbons (Fsp3) is 1.00. The van der Waals surface area contributed by atoms with Crippen LogP contribution in [-0.2, 0) is 0 Å². The summed E-state index contributed by atoms with van der Waals surface area (Å²) in [6, 6.07) is 0.486. The molecule has 2 heteroatoms. The number of nitrogens with two attached hydrogens (primary N) is 1. The first-order chi connectivity index (χ1) is 6.75. The van der Waals surface area contributed by atoms with Crippen molar-refractivity contribution in [2.75, 3.05) is 19.6 Å². The van der Waals surface area contributed by atoms with E-state index < -0.39 is 0 Å². The number of nitrogens with zero attached hydrogens (tertiary/aromatic N) is 1. The van der Waals surface area contributed by atoms with Gasteiger partial charge in [0.1, 0.15) is 0 Å². The summed E-state index contributed by atoms with van der Waals surface area (Å²) < 4.78 is 0. The molecular formula is C12H24N2. The molecule has 2 N–H and O–H groups in total. The van der Waals surface area contributed by atoms with E-state index >= 15 is 0 Å². The third-order valence-electron chi connectivity index (χ3n) is 3.97. The molecule has 3 atom stereocenters. The maximum atomic E-state index is 6.17. The van der Waals surface area contributed by atoms with Crippen LogP contribution in [-0.4, -0.2) is 30.6 Å². The maximum absolute atomic E-state index is 6.17. The van der Waals surface area contributed by atoms with Gasteiger partial charge in [-0.25, -0.2) is 0 Å². The number of rotatable bonds is 2. The van der Waals surface area contributed by atoms with Crippen LogP contribution in [0.2, 0.25) is 0 Å². The average molecular weight is 196 g/mol. The van der Waals surface area contributed by atoms with Gasteiger partial charge in [-0.1, -0.05) is 19.8 Å². The molecule has 0 aromatic rings. The summed E-state index contributed by atoms with van der Waals surface area (Å²) in [7, 11) is 0. The van der Waals surface area contributed by atoms with Crippen LogP contribution in [0, 0.1) is 11.8 Å². The van der Waals surface area contributed by atoms with E-state index in [4.69, 9.17) is 5.73 Å². The van der Waals surface area contributed by atoms with Crippen molar-refractivity contribution in [2.45, 2.75) is 45.1 Å². The summed E-state index contributed by atoms with van der Waals surface area (Å²) in [6.45, 7) is 6.25. The molecule has 1 aliphatic carbocycles. The zero-order valence-electron chi connectivity index (χ0n) is 9.41. The van der Waals surface area contributed by atoms with Gasteiger partial charge in [-0.15, -0.1) is 0 Å². The molecule has 0 aromatic heterocycles. The first kappa shape index (κ1) is 10.4. The van der Waals surface area contributed by atoms with Crippen LogP contribution in [0.25, 0.3) is 0 Å². The molecule has 2 aliphatic rings. The molecule has 2 nitrogen and oxygen atoms in total. The average Bonchev–Trinajstić information content (AvgIpc) is 2.56. The SMILES string of the molecule is CC1CCN(CC2CCCCC2N)C1. The summed E-state index contributed by atoms with van der Waals surface area (Å²) in [5.41, 5.74) is 6.17. The molecule has 0 amide bonds. The number of hydrogen-bond donors (Lipinski definition) is 1. The highest BCUT2D eigenvalue weighted by Crippen LogP contribution is 2.25. The summed E-state index contributed by atoms with van der Waals surface area (Å²) >= 11 is 0. The Morgan fingerprint density at radius 1 is 1.21 bits per heavy atom. The third kappa shape index (κ3) is 2.48. The van der Waals surface area contributed by atoms with Gasteiger partial charge < -0.3 is 10.6 Å². The smallest absolute Gasteiger partial charge is 0.00793 e. The highest BCUT2D eigenvalue weighted by molar-refractivity contribution is 4.83. The first-order valence-electron chi connectivity index (χ1n) is 6.23. The molecule has 1 aliphatic heterocycles. The summed E-state index contributed by atoms with van der Waals surface area (Å²) in [4.78, 5) is 2.63. The van der Waals surface area contributed by atoms with Gasteiger partial charge in [0.05, 0.1) is 0 Å². The first-order valence-corrected chi connectivity index (χ1v) is 6.23. The Morgan fingerprint density at radius 3 is 2.64 bits per heavy atom. The van der Waals surface area contributed by atoms with Crippen molar-refractivity contribution in [3.05, 3.63) is 0 Å². The molecule has 0 spiro atoms. The Kier molecular flexibility index (Phi) is 3.45. The minimum absolute atomic E-state index is 0.486. The van der Waals surface area contributed by atoms with Gasteiger partial charge in [0.15, 0.2) is 0 Å². The standard InChI is InChI=1S/C12H24N2/c1-10-6-7-14(8-10)9-11-4-2-3-5-12(11)13/h10-12H,2-9,13H2,1H3. The largest absolute Gasteiger partial charge is 0.327 e. The fourth-order valence-corrected chi connectivity index (χ4v) is 2.99. The monoisotopic (exact) mass is 196 g/mol. The second kappa shape index (κ2) is 4.63. The highest BCUT2D eigenvalue weighted by Gasteiger charge is 2.26. The molecule has 0 radical (unpaired) electrons. The van der Waals surface area contributed by atoms with Crippen LogP contribution in [0.15, 0.2) is 0 Å². The predicted molar refractivity (Wildman–Crippen MR) is 60.2 cm³/mol. The van der Waals surface area contributed by atoms with Gasteiger partial charge in [-0.3, -0.25) is 0 Å². The van der Waals surface area contributed by atoms with Gasteiger partial charge in [-0.2, -0.15) is 0 Å². The summed E-state index contributed by atoms with van der Waals surface area (Å²) in [5.74, 6) is 1.70. The topological polar surface area (TPSA) is 29.3 Å². The zero-order valence-corrected chi connectivity index (χ0v) is 9.41. The quantitative estimate of drug-likeness (QED) is 0.730. The third-order valence-corrected chi connectivity index (χ3v) is 3.97. The Balaban J connectivity index is 1.78. The van der Waals surface area contributed by atoms with Crippen LogP contribution >= 0.6 is 0 Å². The van der Waals surface area contributed by atoms with Gasteiger partial charge in [0.2, 0.25) is 0 Å². The van der Waals surface area contributed by atoms with Gasteiger partial charge >= 0.3 is 0 Å². The van der Waals surface area contributed by atoms with Crippen molar-refractivity contribution < 1.29 is 0 Å². The predicted octanol–water partition coefficient (Wildman–Crippen LogP) is 1.85. The molecule has 14 heavy (non-hydrogen) atoms. The van der Waals surface area contributed by atoms with Gasteiger partial charge in [0, 0.05) is 19.1 Å². The minimum atomic E-state index is 0.486. The zero-order chi connectivity index (χ0) is 9.97. The summed E-state index contributed by atoms with van der Waals surface area (Å²) in [6.07, 6.45) is 6.78. The number of hydrogen-bond acceptors (Lipinski definition) is 2. The lowest BCUT2D eigenvalue weighted by Gasteiger charge is -2.31. The van der Waals surface area contributed by atoms with Crippen molar-refractivity contribution in [3.63, 3.8) is 0 Å². The Hall–Kier alpha value is -0.0800. The van der Waals surface area contributed by atoms with Crippen LogP contribution in [0.1, 0.15) is 39.0 Å². The fourth-order valence-electron chi connectivity index (χ4n) is 2.99. The van der Waals surface area contributed by atoms with E-state index in [1.165, 1.54) is 51.7 Å². The minimum Gasteiger partial charge on any atom is -0.327 e. The van der Waals surface area contributed by atoms with Crippen LogP contribution in [0.3, 0.4) is 0 Å². The molecular weight excluding hydrogens is 172 g/mol. The van der Waals surface area contributed by atoms with Crippen LogP contribution < -0.4 is 5.73 Å². The molecule has 3 unspecified atom stereocenters. The molecule has 82 valence electrons. The highest BCUT2D eigenvalue weighted by atomic mass is 15.1. The van der Waals surface area contributed by atoms with E-state index in [1.54, 1.807) is 0 Å². The van der Waals surface area contributed by atoms with Crippen LogP contribution in [0.5, 0.6) is 0 Å². The molecule has 2 rings (SSSR count). The molecule has 1 heterocycles. The molecule has 0 aromatic carbocycles. The van der Waals surface area contributed by atoms with E-state index in [0.717, 1.165) is 11.8 Å². The molecule has 1 saturated heterocycles. The Bertz CT molecular complexity index is 181. The van der Waals surface area contributed by atoms with Gasteiger partial charge in [-0.05, 0) is 37.6 Å². The van der Waals surface area contributed by atoms with Crippen molar-refractivity contribution in [1.82, 2.24) is 4.90 Å². The van der Waals surface area contributed by atoms with Gasteiger partial charge in [0.25, 0.3) is 0 Å². The molecule has 2 fully saturated rings. The van der Waals surface area contributed by atoms with Crippen molar-refractivity contribution in [1.29, 1.82) is 0 Å². The number of likely N-dealkylation sites (tertiary alicyclic amines) is 1. The lowest BCUT2D eigenvalue weighted by molar-refractivity contribution is 0.207. The normalized spacial score (nSPS) is 40.3.